The highest BCUT2D eigenvalue weighted by Gasteiger charge is 2.23. The lowest BCUT2D eigenvalue weighted by atomic mass is 10.1. The molecule has 0 unspecified atom stereocenters. The van der Waals surface area contributed by atoms with Crippen LogP contribution in [0.25, 0.3) is 111 Å². The number of hydrogen-bond acceptors (Lipinski definition) is 4. The number of benzene rings is 8. The van der Waals surface area contributed by atoms with Crippen LogP contribution in [0.15, 0.2) is 180 Å². The fourth-order valence-electron chi connectivity index (χ4n) is 8.51. The first-order valence-electron chi connectivity index (χ1n) is 18.4. The maximum absolute atomic E-state index is 6.33. The third-order valence-electron chi connectivity index (χ3n) is 11.0. The molecule has 12 aromatic rings. The van der Waals surface area contributed by atoms with Crippen molar-refractivity contribution in [2.75, 3.05) is 0 Å². The third-order valence-corrected chi connectivity index (χ3v) is 11.0. The van der Waals surface area contributed by atoms with Crippen molar-refractivity contribution < 1.29 is 4.42 Å². The second-order valence-electron chi connectivity index (χ2n) is 14.0. The van der Waals surface area contributed by atoms with E-state index in [4.69, 9.17) is 19.4 Å². The van der Waals surface area contributed by atoms with E-state index in [0.29, 0.717) is 17.6 Å². The van der Waals surface area contributed by atoms with Gasteiger partial charge in [0, 0.05) is 49.1 Å². The van der Waals surface area contributed by atoms with Crippen LogP contribution >= 0.6 is 0 Å². The van der Waals surface area contributed by atoms with Crippen LogP contribution in [0.3, 0.4) is 0 Å². The van der Waals surface area contributed by atoms with Crippen LogP contribution in [0.5, 0.6) is 0 Å². The Hall–Kier alpha value is -7.57. The summed E-state index contributed by atoms with van der Waals surface area (Å²) in [6, 6.07) is 61.5. The lowest BCUT2D eigenvalue weighted by Crippen LogP contribution is -2.06. The Labute approximate surface area is 314 Å². The lowest BCUT2D eigenvalue weighted by Gasteiger charge is -2.11. The molecule has 0 aliphatic heterocycles. The highest BCUT2D eigenvalue weighted by molar-refractivity contribution is 6.28. The van der Waals surface area contributed by atoms with Crippen LogP contribution in [-0.4, -0.2) is 24.1 Å². The van der Waals surface area contributed by atoms with Crippen molar-refractivity contribution in [1.82, 2.24) is 24.1 Å². The molecule has 256 valence electrons. The fourth-order valence-corrected chi connectivity index (χ4v) is 8.51. The summed E-state index contributed by atoms with van der Waals surface area (Å²) in [7, 11) is 0. The van der Waals surface area contributed by atoms with Crippen LogP contribution in [-0.2, 0) is 0 Å². The van der Waals surface area contributed by atoms with Gasteiger partial charge in [0.15, 0.2) is 11.6 Å². The first-order valence-corrected chi connectivity index (χ1v) is 18.4. The van der Waals surface area contributed by atoms with Gasteiger partial charge in [-0.15, -0.1) is 0 Å². The second-order valence-corrected chi connectivity index (χ2v) is 14.0. The molecule has 12 rings (SSSR count). The molecule has 0 amide bonds. The van der Waals surface area contributed by atoms with Gasteiger partial charge in [0.05, 0.1) is 22.1 Å². The number of nitrogens with zero attached hydrogens (tertiary/aromatic N) is 5. The summed E-state index contributed by atoms with van der Waals surface area (Å²) >= 11 is 0. The van der Waals surface area contributed by atoms with E-state index < -0.39 is 0 Å². The summed E-state index contributed by atoms with van der Waals surface area (Å²) in [5.41, 5.74) is 8.91. The zero-order valence-electron chi connectivity index (χ0n) is 29.4. The van der Waals surface area contributed by atoms with Gasteiger partial charge in [0.2, 0.25) is 5.95 Å². The van der Waals surface area contributed by atoms with Crippen molar-refractivity contribution in [3.63, 3.8) is 0 Å². The molecule has 0 spiro atoms. The minimum atomic E-state index is 0.551. The minimum Gasteiger partial charge on any atom is -0.456 e. The van der Waals surface area contributed by atoms with Gasteiger partial charge in [-0.1, -0.05) is 115 Å². The third kappa shape index (κ3) is 4.46. The van der Waals surface area contributed by atoms with Crippen molar-refractivity contribution in [3.8, 4) is 34.4 Å². The summed E-state index contributed by atoms with van der Waals surface area (Å²) in [4.78, 5) is 15.7. The van der Waals surface area contributed by atoms with Crippen LogP contribution < -0.4 is 0 Å². The molecule has 0 radical (unpaired) electrons. The Morgan fingerprint density at radius 2 is 0.927 bits per heavy atom. The largest absolute Gasteiger partial charge is 0.456 e. The molecule has 4 heterocycles. The van der Waals surface area contributed by atoms with E-state index in [0.717, 1.165) is 82.4 Å². The van der Waals surface area contributed by atoms with Crippen molar-refractivity contribution in [1.29, 1.82) is 0 Å². The van der Waals surface area contributed by atoms with E-state index >= 15 is 0 Å². The van der Waals surface area contributed by atoms with Crippen molar-refractivity contribution in [3.05, 3.63) is 176 Å². The Morgan fingerprint density at radius 3 is 1.69 bits per heavy atom. The first kappa shape index (κ1) is 29.9. The first-order chi connectivity index (χ1) is 27.3. The number of aromatic nitrogens is 5. The topological polar surface area (TPSA) is 61.7 Å². The Balaban J connectivity index is 1.16. The van der Waals surface area contributed by atoms with Gasteiger partial charge >= 0.3 is 0 Å². The van der Waals surface area contributed by atoms with Gasteiger partial charge in [-0.25, -0.2) is 4.98 Å². The number of fused-ring (bicyclic) bond motifs is 11. The summed E-state index contributed by atoms with van der Waals surface area (Å²) in [5.74, 6) is 1.72. The fraction of sp³-hybridized carbons (Fsp3) is 0. The van der Waals surface area contributed by atoms with Crippen LogP contribution in [0, 0.1) is 0 Å². The standard InChI is InChI=1S/C49H29N5O/c1-2-14-34(15-3-1)53-39-19-9-6-17-37(39)45-41(53)26-27-42-46(45)38-18-7-10-20-40(38)54(42)49-51-47(32-23-22-30-12-4-5-13-31(30)28-32)50-48(52-49)33-24-25-36-35-16-8-11-21-43(35)55-44(36)29-33/h1-29H. The van der Waals surface area contributed by atoms with Gasteiger partial charge in [0.25, 0.3) is 0 Å². The highest BCUT2D eigenvalue weighted by atomic mass is 16.3. The molecule has 4 aromatic heterocycles. The van der Waals surface area contributed by atoms with Gasteiger partial charge < -0.3 is 8.98 Å². The molecule has 0 bridgehead atoms. The molecular formula is C49H29N5O. The molecule has 8 aromatic carbocycles. The average Bonchev–Trinajstić information content (AvgIpc) is 3.91. The van der Waals surface area contributed by atoms with Gasteiger partial charge in [-0.3, -0.25) is 4.57 Å². The lowest BCUT2D eigenvalue weighted by molar-refractivity contribution is 0.669. The summed E-state index contributed by atoms with van der Waals surface area (Å²) in [6.45, 7) is 0. The predicted molar refractivity (Wildman–Crippen MR) is 224 cm³/mol. The van der Waals surface area contributed by atoms with E-state index in [-0.39, 0.29) is 0 Å². The van der Waals surface area contributed by atoms with Gasteiger partial charge in [-0.2, -0.15) is 9.97 Å². The summed E-state index contributed by atoms with van der Waals surface area (Å²) < 4.78 is 10.9. The molecule has 0 fully saturated rings. The molecular weight excluding hydrogens is 675 g/mol. The number of rotatable bonds is 4. The molecule has 0 saturated heterocycles. The number of hydrogen-bond donors (Lipinski definition) is 0. The highest BCUT2D eigenvalue weighted by Crippen LogP contribution is 2.42. The second kappa shape index (κ2) is 11.5. The van der Waals surface area contributed by atoms with E-state index in [2.05, 4.69) is 161 Å². The van der Waals surface area contributed by atoms with E-state index in [1.807, 2.05) is 24.3 Å². The average molecular weight is 704 g/mol. The maximum atomic E-state index is 6.33. The molecule has 0 aliphatic carbocycles. The Morgan fingerprint density at radius 1 is 0.364 bits per heavy atom. The van der Waals surface area contributed by atoms with Gasteiger partial charge in [-0.05, 0) is 71.4 Å². The molecule has 0 atom stereocenters. The van der Waals surface area contributed by atoms with Crippen LogP contribution in [0.1, 0.15) is 0 Å². The predicted octanol–water partition coefficient (Wildman–Crippen LogP) is 12.5. The quantitative estimate of drug-likeness (QED) is 0.183. The zero-order chi connectivity index (χ0) is 36.0. The maximum Gasteiger partial charge on any atom is 0.238 e. The zero-order valence-corrected chi connectivity index (χ0v) is 29.4. The van der Waals surface area contributed by atoms with Crippen molar-refractivity contribution in [2.45, 2.75) is 0 Å². The molecule has 0 N–H and O–H groups in total. The van der Waals surface area contributed by atoms with E-state index in [1.54, 1.807) is 0 Å². The number of furan rings is 1. The molecule has 6 nitrogen and oxygen atoms in total. The summed E-state index contributed by atoms with van der Waals surface area (Å²) in [6.07, 6.45) is 0. The molecule has 0 aliphatic rings. The monoisotopic (exact) mass is 703 g/mol. The van der Waals surface area contributed by atoms with E-state index in [1.165, 1.54) is 10.8 Å². The summed E-state index contributed by atoms with van der Waals surface area (Å²) in [5, 5.41) is 9.13. The Kier molecular flexibility index (Phi) is 6.24. The van der Waals surface area contributed by atoms with Crippen LogP contribution in [0.2, 0.25) is 0 Å². The normalized spacial score (nSPS) is 12.0. The SMILES string of the molecule is c1ccc(-n2c3ccccc3c3c4c5ccccc5n(-c5nc(-c6ccc7ccccc7c6)nc(-c6ccc7c(c6)oc6ccccc67)n5)c4ccc32)cc1. The minimum absolute atomic E-state index is 0.551. The van der Waals surface area contributed by atoms with Gasteiger partial charge in [0.1, 0.15) is 11.2 Å². The Bertz CT molecular complexity index is 3500. The molecule has 6 heteroatoms. The van der Waals surface area contributed by atoms with Crippen molar-refractivity contribution >= 4 is 76.3 Å². The smallest absolute Gasteiger partial charge is 0.238 e. The molecule has 55 heavy (non-hydrogen) atoms. The van der Waals surface area contributed by atoms with Crippen molar-refractivity contribution in [2.24, 2.45) is 0 Å². The van der Waals surface area contributed by atoms with Crippen LogP contribution in [0.4, 0.5) is 0 Å². The molecule has 0 saturated carbocycles. The number of para-hydroxylation sites is 4. The van der Waals surface area contributed by atoms with E-state index in [9.17, 15) is 0 Å².